The number of benzene rings is 1. The monoisotopic (exact) mass is 304 g/mol. The van der Waals surface area contributed by atoms with Gasteiger partial charge in [-0.3, -0.25) is 0 Å². The van der Waals surface area contributed by atoms with Crippen LogP contribution in [0.4, 0.5) is 10.5 Å². The lowest BCUT2D eigenvalue weighted by Crippen LogP contribution is -2.27. The number of hydrazone groups is 1. The van der Waals surface area contributed by atoms with E-state index in [9.17, 15) is 14.4 Å². The Morgan fingerprint density at radius 2 is 2.00 bits per heavy atom. The Hall–Kier alpha value is -2.92. The number of anilines is 1. The Bertz CT molecular complexity index is 593. The molecule has 0 unspecified atom stereocenters. The SMILES string of the molecule is C=CC(=O)OCCCOC(=O)N(N=C=O)c1ccccc1C. The zero-order valence-corrected chi connectivity index (χ0v) is 12.2. The summed E-state index contributed by atoms with van der Waals surface area (Å²) in [6.07, 6.45) is 1.87. The lowest BCUT2D eigenvalue weighted by atomic mass is 10.2. The predicted molar refractivity (Wildman–Crippen MR) is 78.9 cm³/mol. The summed E-state index contributed by atoms with van der Waals surface area (Å²) >= 11 is 0. The number of para-hydroxylation sites is 1. The molecular formula is C15H16N2O5. The highest BCUT2D eigenvalue weighted by molar-refractivity contribution is 5.88. The maximum Gasteiger partial charge on any atom is 0.435 e. The van der Waals surface area contributed by atoms with Gasteiger partial charge in [-0.05, 0) is 18.6 Å². The smallest absolute Gasteiger partial charge is 0.435 e. The number of rotatable bonds is 7. The number of hydrogen-bond acceptors (Lipinski definition) is 6. The Morgan fingerprint density at radius 1 is 1.32 bits per heavy atom. The van der Waals surface area contributed by atoms with E-state index in [2.05, 4.69) is 11.7 Å². The maximum atomic E-state index is 11.9. The number of carbonyl (C=O) groups excluding carboxylic acids is 3. The molecule has 0 saturated heterocycles. The second-order valence-electron chi connectivity index (χ2n) is 4.13. The molecule has 0 aromatic heterocycles. The van der Waals surface area contributed by atoms with Gasteiger partial charge >= 0.3 is 12.1 Å². The van der Waals surface area contributed by atoms with Gasteiger partial charge in [-0.1, -0.05) is 29.9 Å². The van der Waals surface area contributed by atoms with E-state index in [1.54, 1.807) is 31.2 Å². The Kier molecular flexibility index (Phi) is 7.08. The van der Waals surface area contributed by atoms with Crippen LogP contribution in [0.5, 0.6) is 0 Å². The van der Waals surface area contributed by atoms with Crippen molar-refractivity contribution in [3.8, 4) is 0 Å². The van der Waals surface area contributed by atoms with Gasteiger partial charge in [0.25, 0.3) is 6.08 Å². The summed E-state index contributed by atoms with van der Waals surface area (Å²) < 4.78 is 9.72. The minimum atomic E-state index is -0.812. The van der Waals surface area contributed by atoms with Crippen LogP contribution < -0.4 is 5.01 Å². The average Bonchev–Trinajstić information content (AvgIpc) is 2.52. The zero-order valence-electron chi connectivity index (χ0n) is 12.2. The Morgan fingerprint density at radius 3 is 2.64 bits per heavy atom. The second kappa shape index (κ2) is 9.10. The van der Waals surface area contributed by atoms with E-state index in [-0.39, 0.29) is 13.2 Å². The number of hydrogen-bond donors (Lipinski definition) is 0. The third-order valence-corrected chi connectivity index (χ3v) is 2.58. The molecule has 7 nitrogen and oxygen atoms in total. The lowest BCUT2D eigenvalue weighted by molar-refractivity contribution is -0.137. The molecule has 0 fully saturated rings. The fourth-order valence-electron chi connectivity index (χ4n) is 1.55. The topological polar surface area (TPSA) is 85.3 Å². The van der Waals surface area contributed by atoms with Gasteiger partial charge in [-0.2, -0.15) is 5.01 Å². The lowest BCUT2D eigenvalue weighted by Gasteiger charge is -2.16. The second-order valence-corrected chi connectivity index (χ2v) is 4.13. The van der Waals surface area contributed by atoms with Crippen molar-refractivity contribution in [2.75, 3.05) is 18.2 Å². The van der Waals surface area contributed by atoms with Crippen molar-refractivity contribution in [3.63, 3.8) is 0 Å². The van der Waals surface area contributed by atoms with Crippen LogP contribution in [0, 0.1) is 6.92 Å². The quantitative estimate of drug-likeness (QED) is 0.193. The number of isocyanates is 1. The largest absolute Gasteiger partial charge is 0.462 e. The van der Waals surface area contributed by atoms with E-state index in [0.717, 1.165) is 16.6 Å². The van der Waals surface area contributed by atoms with E-state index in [1.165, 1.54) is 6.08 Å². The molecule has 7 heteroatoms. The molecule has 22 heavy (non-hydrogen) atoms. The third kappa shape index (κ3) is 5.22. The normalized spacial score (nSPS) is 9.32. The predicted octanol–water partition coefficient (Wildman–Crippen LogP) is 2.31. The molecule has 116 valence electrons. The van der Waals surface area contributed by atoms with E-state index >= 15 is 0 Å². The van der Waals surface area contributed by atoms with Gasteiger partial charge in [-0.15, -0.1) is 0 Å². The molecule has 0 aliphatic rings. The Labute approximate surface area is 127 Å². The fourth-order valence-corrected chi connectivity index (χ4v) is 1.55. The zero-order chi connectivity index (χ0) is 16.4. The molecule has 1 aromatic rings. The van der Waals surface area contributed by atoms with Crippen LogP contribution in [0.1, 0.15) is 12.0 Å². The molecule has 0 spiro atoms. The van der Waals surface area contributed by atoms with Crippen LogP contribution in [0.3, 0.4) is 0 Å². The molecule has 1 amide bonds. The summed E-state index contributed by atoms with van der Waals surface area (Å²) in [5, 5.41) is 4.18. The van der Waals surface area contributed by atoms with E-state index < -0.39 is 12.1 Å². The summed E-state index contributed by atoms with van der Waals surface area (Å²) in [5.74, 6) is -0.543. The first kappa shape index (κ1) is 17.1. The van der Waals surface area contributed by atoms with Gasteiger partial charge in [0.2, 0.25) is 0 Å². The molecule has 0 N–H and O–H groups in total. The van der Waals surface area contributed by atoms with Crippen molar-refractivity contribution in [1.29, 1.82) is 0 Å². The van der Waals surface area contributed by atoms with Crippen molar-refractivity contribution in [1.82, 2.24) is 0 Å². The van der Waals surface area contributed by atoms with Crippen LogP contribution in [0.2, 0.25) is 0 Å². The van der Waals surface area contributed by atoms with Crippen LogP contribution in [-0.2, 0) is 19.1 Å². The van der Waals surface area contributed by atoms with Gasteiger partial charge in [0.05, 0.1) is 18.9 Å². The van der Waals surface area contributed by atoms with Crippen molar-refractivity contribution < 1.29 is 23.9 Å². The molecular weight excluding hydrogens is 288 g/mol. The highest BCUT2D eigenvalue weighted by atomic mass is 16.6. The van der Waals surface area contributed by atoms with Crippen molar-refractivity contribution in [3.05, 3.63) is 42.5 Å². The summed E-state index contributed by atoms with van der Waals surface area (Å²) in [5.41, 5.74) is 1.17. The van der Waals surface area contributed by atoms with Gasteiger partial charge in [0.15, 0.2) is 0 Å². The maximum absolute atomic E-state index is 11.9. The minimum Gasteiger partial charge on any atom is -0.462 e. The summed E-state index contributed by atoms with van der Waals surface area (Å²) in [6.45, 7) is 5.14. The first-order valence-electron chi connectivity index (χ1n) is 6.49. The van der Waals surface area contributed by atoms with Gasteiger partial charge in [0, 0.05) is 12.5 Å². The van der Waals surface area contributed by atoms with E-state index in [0.29, 0.717) is 12.1 Å². The third-order valence-electron chi connectivity index (χ3n) is 2.58. The van der Waals surface area contributed by atoms with Crippen LogP contribution in [-0.4, -0.2) is 31.4 Å². The molecule has 0 aliphatic heterocycles. The van der Waals surface area contributed by atoms with Crippen LogP contribution in [0.15, 0.2) is 42.0 Å². The average molecular weight is 304 g/mol. The van der Waals surface area contributed by atoms with Crippen molar-refractivity contribution in [2.45, 2.75) is 13.3 Å². The van der Waals surface area contributed by atoms with E-state index in [4.69, 9.17) is 9.47 Å². The molecule has 1 aromatic carbocycles. The van der Waals surface area contributed by atoms with Crippen molar-refractivity contribution >= 4 is 23.8 Å². The summed E-state index contributed by atoms with van der Waals surface area (Å²) in [7, 11) is 0. The fraction of sp³-hybridized carbons (Fsp3) is 0.267. The summed E-state index contributed by atoms with van der Waals surface area (Å²) in [4.78, 5) is 33.2. The summed E-state index contributed by atoms with van der Waals surface area (Å²) in [6, 6.07) is 6.90. The van der Waals surface area contributed by atoms with Gasteiger partial charge in [-0.25, -0.2) is 14.4 Å². The number of amides is 1. The number of ether oxygens (including phenoxy) is 2. The molecule has 0 bridgehead atoms. The highest BCUT2D eigenvalue weighted by Crippen LogP contribution is 2.20. The van der Waals surface area contributed by atoms with Crippen molar-refractivity contribution in [2.24, 2.45) is 5.10 Å². The van der Waals surface area contributed by atoms with Gasteiger partial charge in [0.1, 0.15) is 0 Å². The van der Waals surface area contributed by atoms with E-state index in [1.807, 2.05) is 0 Å². The molecule has 1 rings (SSSR count). The standard InChI is InChI=1S/C15H16N2O5/c1-3-14(19)21-9-6-10-22-15(20)17(16-11-18)13-8-5-4-7-12(13)2/h3-5,7-8H,1,6,9-10H2,2H3. The molecule has 0 atom stereocenters. The van der Waals surface area contributed by atoms with Crippen LogP contribution >= 0.6 is 0 Å². The number of esters is 1. The highest BCUT2D eigenvalue weighted by Gasteiger charge is 2.18. The first-order valence-corrected chi connectivity index (χ1v) is 6.49. The Balaban J connectivity index is 2.57. The molecule has 0 aliphatic carbocycles. The van der Waals surface area contributed by atoms with Crippen LogP contribution in [0.25, 0.3) is 0 Å². The molecule has 0 heterocycles. The molecule has 0 radical (unpaired) electrons. The minimum absolute atomic E-state index is 0.0139. The number of carbonyl (C=O) groups is 2. The number of nitrogens with zero attached hydrogens (tertiary/aromatic N) is 2. The number of aryl methyl sites for hydroxylation is 1. The van der Waals surface area contributed by atoms with Gasteiger partial charge < -0.3 is 9.47 Å². The first-order chi connectivity index (χ1) is 10.6. The molecule has 0 saturated carbocycles.